The van der Waals surface area contributed by atoms with Gasteiger partial charge >= 0.3 is 5.97 Å². The van der Waals surface area contributed by atoms with Gasteiger partial charge in [0.15, 0.2) is 0 Å². The Bertz CT molecular complexity index is 391. The molecule has 0 saturated heterocycles. The maximum absolute atomic E-state index is 11.5. The summed E-state index contributed by atoms with van der Waals surface area (Å²) >= 11 is 0. The summed E-state index contributed by atoms with van der Waals surface area (Å²) in [4.78, 5) is 11.5. The zero-order valence-electron chi connectivity index (χ0n) is 10.1. The van der Waals surface area contributed by atoms with Crippen molar-refractivity contribution in [2.24, 2.45) is 0 Å². The zero-order valence-corrected chi connectivity index (χ0v) is 10.1. The first-order valence-corrected chi connectivity index (χ1v) is 5.52. The molecule has 0 aliphatic carbocycles. The van der Waals surface area contributed by atoms with E-state index in [0.717, 1.165) is 5.56 Å². The van der Waals surface area contributed by atoms with Gasteiger partial charge in [-0.15, -0.1) is 0 Å². The highest BCUT2D eigenvalue weighted by molar-refractivity contribution is 6.15. The van der Waals surface area contributed by atoms with Crippen molar-refractivity contribution in [2.45, 2.75) is 26.7 Å². The summed E-state index contributed by atoms with van der Waals surface area (Å²) < 4.78 is 4.92. The van der Waals surface area contributed by atoms with E-state index in [0.29, 0.717) is 18.1 Å². The van der Waals surface area contributed by atoms with Crippen LogP contribution in [0.1, 0.15) is 37.8 Å². The minimum absolute atomic E-state index is 0.344. The number of esters is 1. The standard InChI is InChI=1S/C14H18O2/c1-5-16-14(15)11(4)13-8-6-7-12(9-13)10(2)3/h6-10H,4-5H2,1-3H3. The molecular formula is C14H18O2. The molecule has 0 N–H and O–H groups in total. The molecule has 0 saturated carbocycles. The summed E-state index contributed by atoms with van der Waals surface area (Å²) in [6, 6.07) is 7.86. The van der Waals surface area contributed by atoms with Gasteiger partial charge in [-0.2, -0.15) is 0 Å². The average Bonchev–Trinajstić information content (AvgIpc) is 2.28. The number of hydrogen-bond acceptors (Lipinski definition) is 2. The number of carbonyl (C=O) groups excluding carboxylic acids is 1. The van der Waals surface area contributed by atoms with E-state index >= 15 is 0 Å². The Morgan fingerprint density at radius 2 is 2.12 bits per heavy atom. The van der Waals surface area contributed by atoms with Gasteiger partial charge in [0.25, 0.3) is 0 Å². The van der Waals surface area contributed by atoms with Crippen LogP contribution in [-0.2, 0) is 9.53 Å². The summed E-state index contributed by atoms with van der Waals surface area (Å²) in [5.74, 6) is 0.0957. The fourth-order valence-corrected chi connectivity index (χ4v) is 1.42. The monoisotopic (exact) mass is 218 g/mol. The second kappa shape index (κ2) is 5.50. The molecule has 1 rings (SSSR count). The van der Waals surface area contributed by atoms with Crippen LogP contribution in [0.3, 0.4) is 0 Å². The Morgan fingerprint density at radius 3 is 2.69 bits per heavy atom. The molecule has 1 aromatic rings. The summed E-state index contributed by atoms with van der Waals surface area (Å²) in [5.41, 5.74) is 2.46. The minimum Gasteiger partial charge on any atom is -0.462 e. The van der Waals surface area contributed by atoms with Crippen molar-refractivity contribution in [1.82, 2.24) is 0 Å². The van der Waals surface area contributed by atoms with Gasteiger partial charge in [0, 0.05) is 0 Å². The molecule has 0 aliphatic rings. The fourth-order valence-electron chi connectivity index (χ4n) is 1.42. The van der Waals surface area contributed by atoms with Crippen LogP contribution in [-0.4, -0.2) is 12.6 Å². The minimum atomic E-state index is -0.344. The third-order valence-corrected chi connectivity index (χ3v) is 2.42. The average molecular weight is 218 g/mol. The Labute approximate surface area is 96.9 Å². The molecule has 0 fully saturated rings. The smallest absolute Gasteiger partial charge is 0.338 e. The van der Waals surface area contributed by atoms with E-state index in [2.05, 4.69) is 20.4 Å². The second-order valence-electron chi connectivity index (χ2n) is 3.98. The number of ether oxygens (including phenoxy) is 1. The summed E-state index contributed by atoms with van der Waals surface area (Å²) in [7, 11) is 0. The normalized spacial score (nSPS) is 10.2. The first kappa shape index (κ1) is 12.5. The SMILES string of the molecule is C=C(C(=O)OCC)c1cccc(C(C)C)c1. The van der Waals surface area contributed by atoms with E-state index in [-0.39, 0.29) is 5.97 Å². The third kappa shape index (κ3) is 2.96. The molecule has 0 atom stereocenters. The molecule has 0 aromatic heterocycles. The lowest BCUT2D eigenvalue weighted by molar-refractivity contribution is -0.136. The van der Waals surface area contributed by atoms with Crippen molar-refractivity contribution in [3.05, 3.63) is 42.0 Å². The molecule has 16 heavy (non-hydrogen) atoms. The second-order valence-corrected chi connectivity index (χ2v) is 3.98. The van der Waals surface area contributed by atoms with Gasteiger partial charge in [-0.3, -0.25) is 0 Å². The zero-order chi connectivity index (χ0) is 12.1. The van der Waals surface area contributed by atoms with Crippen LogP contribution in [0.25, 0.3) is 5.57 Å². The maximum Gasteiger partial charge on any atom is 0.338 e. The molecule has 0 bridgehead atoms. The molecule has 2 heteroatoms. The van der Waals surface area contributed by atoms with Gasteiger partial charge in [-0.25, -0.2) is 4.79 Å². The highest BCUT2D eigenvalue weighted by atomic mass is 16.5. The molecule has 0 amide bonds. The molecule has 0 spiro atoms. The quantitative estimate of drug-likeness (QED) is 0.572. The Balaban J connectivity index is 2.92. The Kier molecular flexibility index (Phi) is 4.29. The third-order valence-electron chi connectivity index (χ3n) is 2.42. The number of benzene rings is 1. The van der Waals surface area contributed by atoms with Gasteiger partial charge < -0.3 is 4.74 Å². The topological polar surface area (TPSA) is 26.3 Å². The fraction of sp³-hybridized carbons (Fsp3) is 0.357. The summed E-state index contributed by atoms with van der Waals surface area (Å²) in [6.45, 7) is 10.2. The van der Waals surface area contributed by atoms with E-state index in [9.17, 15) is 4.79 Å². The van der Waals surface area contributed by atoms with Crippen molar-refractivity contribution in [2.75, 3.05) is 6.61 Å². The Hall–Kier alpha value is -1.57. The largest absolute Gasteiger partial charge is 0.462 e. The molecule has 0 radical (unpaired) electrons. The maximum atomic E-state index is 11.5. The van der Waals surface area contributed by atoms with Crippen molar-refractivity contribution in [1.29, 1.82) is 0 Å². The summed E-state index contributed by atoms with van der Waals surface area (Å²) in [5, 5.41) is 0. The van der Waals surface area contributed by atoms with Crippen LogP contribution in [0.5, 0.6) is 0 Å². The molecule has 1 aromatic carbocycles. The number of hydrogen-bond donors (Lipinski definition) is 0. The van der Waals surface area contributed by atoms with Gasteiger partial charge in [-0.05, 0) is 24.0 Å². The first-order valence-electron chi connectivity index (χ1n) is 5.52. The molecule has 0 aliphatic heterocycles. The van der Waals surface area contributed by atoms with Gasteiger partial charge in [-0.1, -0.05) is 44.7 Å². The Morgan fingerprint density at radius 1 is 1.44 bits per heavy atom. The van der Waals surface area contributed by atoms with Gasteiger partial charge in [0.05, 0.1) is 12.2 Å². The van der Waals surface area contributed by atoms with Gasteiger partial charge in [0.2, 0.25) is 0 Å². The molecule has 2 nitrogen and oxygen atoms in total. The van der Waals surface area contributed by atoms with Crippen molar-refractivity contribution in [3.63, 3.8) is 0 Å². The van der Waals surface area contributed by atoms with Crippen molar-refractivity contribution < 1.29 is 9.53 Å². The first-order chi connectivity index (χ1) is 7.56. The number of carbonyl (C=O) groups is 1. The predicted octanol–water partition coefficient (Wildman–Crippen LogP) is 3.39. The van der Waals surface area contributed by atoms with Crippen LogP contribution in [0.15, 0.2) is 30.8 Å². The van der Waals surface area contributed by atoms with Crippen molar-refractivity contribution >= 4 is 11.5 Å². The van der Waals surface area contributed by atoms with Gasteiger partial charge in [0.1, 0.15) is 0 Å². The van der Waals surface area contributed by atoms with Crippen LogP contribution in [0, 0.1) is 0 Å². The molecule has 86 valence electrons. The summed E-state index contributed by atoms with van der Waals surface area (Å²) in [6.07, 6.45) is 0. The predicted molar refractivity (Wildman–Crippen MR) is 66.2 cm³/mol. The van der Waals surface area contributed by atoms with Crippen LogP contribution >= 0.6 is 0 Å². The van der Waals surface area contributed by atoms with Crippen LogP contribution < -0.4 is 0 Å². The van der Waals surface area contributed by atoms with E-state index < -0.39 is 0 Å². The van der Waals surface area contributed by atoms with Crippen LogP contribution in [0.4, 0.5) is 0 Å². The highest BCUT2D eigenvalue weighted by Gasteiger charge is 2.11. The molecule has 0 heterocycles. The van der Waals surface area contributed by atoms with E-state index in [1.54, 1.807) is 6.92 Å². The number of rotatable bonds is 4. The van der Waals surface area contributed by atoms with E-state index in [4.69, 9.17) is 4.74 Å². The lowest BCUT2D eigenvalue weighted by Gasteiger charge is -2.09. The van der Waals surface area contributed by atoms with E-state index in [1.165, 1.54) is 5.56 Å². The lowest BCUT2D eigenvalue weighted by Crippen LogP contribution is -2.06. The van der Waals surface area contributed by atoms with E-state index in [1.807, 2.05) is 24.3 Å². The van der Waals surface area contributed by atoms with Crippen LogP contribution in [0.2, 0.25) is 0 Å². The highest BCUT2D eigenvalue weighted by Crippen LogP contribution is 2.20. The molecule has 0 unspecified atom stereocenters. The lowest BCUT2D eigenvalue weighted by atomic mass is 9.98. The van der Waals surface area contributed by atoms with Crippen molar-refractivity contribution in [3.8, 4) is 0 Å². The molecular weight excluding hydrogens is 200 g/mol.